The Balaban J connectivity index is 2.41. The second-order valence-corrected chi connectivity index (χ2v) is 5.30. The first-order valence-corrected chi connectivity index (χ1v) is 6.58. The summed E-state index contributed by atoms with van der Waals surface area (Å²) in [7, 11) is 0. The van der Waals surface area contributed by atoms with Crippen LogP contribution in [0.3, 0.4) is 0 Å². The summed E-state index contributed by atoms with van der Waals surface area (Å²) in [4.78, 5) is 11.6. The van der Waals surface area contributed by atoms with Crippen molar-refractivity contribution in [1.29, 1.82) is 0 Å². The number of carbonyl (C=O) groups is 1. The fourth-order valence-corrected chi connectivity index (χ4v) is 2.13. The predicted molar refractivity (Wildman–Crippen MR) is 68.2 cm³/mol. The normalized spacial score (nSPS) is 31.7. The van der Waals surface area contributed by atoms with E-state index in [4.69, 9.17) is 19.9 Å². The van der Waals surface area contributed by atoms with Crippen LogP contribution in [0.15, 0.2) is 0 Å². The maximum atomic E-state index is 11.6. The van der Waals surface area contributed by atoms with Crippen LogP contribution in [0.1, 0.15) is 40.5 Å². The van der Waals surface area contributed by atoms with Crippen molar-refractivity contribution in [2.45, 2.75) is 64.4 Å². The van der Waals surface area contributed by atoms with Gasteiger partial charge in [-0.1, -0.05) is 0 Å². The van der Waals surface area contributed by atoms with Gasteiger partial charge in [-0.15, -0.1) is 0 Å². The molecule has 0 aromatic heterocycles. The van der Waals surface area contributed by atoms with Crippen LogP contribution in [0.25, 0.3) is 0 Å². The Kier molecular flexibility index (Phi) is 5.56. The van der Waals surface area contributed by atoms with Crippen LogP contribution >= 0.6 is 0 Å². The second kappa shape index (κ2) is 6.50. The molecule has 5 nitrogen and oxygen atoms in total. The summed E-state index contributed by atoms with van der Waals surface area (Å²) in [5.41, 5.74) is 4.82. The molecule has 1 aliphatic rings. The Morgan fingerprint density at radius 1 is 1.39 bits per heavy atom. The summed E-state index contributed by atoms with van der Waals surface area (Å²) < 4.78 is 16.3. The Morgan fingerprint density at radius 3 is 2.44 bits per heavy atom. The van der Waals surface area contributed by atoms with E-state index < -0.39 is 11.5 Å². The standard InChI is InChI=1S/C13H25NO4/c1-5-16-12(15)13(4,14)8-17-11-6-9(2)18-10(3)7-11/h9-11H,5-8,14H2,1-4H3. The molecule has 5 heteroatoms. The number of esters is 1. The molecule has 3 unspecified atom stereocenters. The van der Waals surface area contributed by atoms with Gasteiger partial charge < -0.3 is 19.9 Å². The van der Waals surface area contributed by atoms with Crippen LogP contribution in [0.5, 0.6) is 0 Å². The summed E-state index contributed by atoms with van der Waals surface area (Å²) in [6.07, 6.45) is 2.14. The lowest BCUT2D eigenvalue weighted by molar-refractivity contribution is -0.155. The van der Waals surface area contributed by atoms with Gasteiger partial charge in [-0.3, -0.25) is 0 Å². The third-order valence-electron chi connectivity index (χ3n) is 3.01. The Hall–Kier alpha value is -0.650. The van der Waals surface area contributed by atoms with E-state index in [1.54, 1.807) is 13.8 Å². The number of hydrogen-bond donors (Lipinski definition) is 1. The first-order valence-electron chi connectivity index (χ1n) is 6.58. The van der Waals surface area contributed by atoms with Gasteiger partial charge in [0, 0.05) is 0 Å². The number of rotatable bonds is 5. The van der Waals surface area contributed by atoms with Gasteiger partial charge in [0.1, 0.15) is 5.54 Å². The van der Waals surface area contributed by atoms with Gasteiger partial charge in [0.2, 0.25) is 0 Å². The summed E-state index contributed by atoms with van der Waals surface area (Å²) >= 11 is 0. The molecule has 1 rings (SSSR count). The lowest BCUT2D eigenvalue weighted by Gasteiger charge is -2.33. The number of hydrogen-bond acceptors (Lipinski definition) is 5. The molecular weight excluding hydrogens is 234 g/mol. The first-order chi connectivity index (χ1) is 8.35. The molecule has 2 N–H and O–H groups in total. The minimum absolute atomic E-state index is 0.0982. The highest BCUT2D eigenvalue weighted by atomic mass is 16.5. The topological polar surface area (TPSA) is 70.8 Å². The van der Waals surface area contributed by atoms with Gasteiger partial charge >= 0.3 is 5.97 Å². The lowest BCUT2D eigenvalue weighted by Crippen LogP contribution is -2.51. The van der Waals surface area contributed by atoms with Gasteiger partial charge in [0.15, 0.2) is 0 Å². The molecule has 0 aliphatic carbocycles. The van der Waals surface area contributed by atoms with Crippen molar-refractivity contribution in [1.82, 2.24) is 0 Å². The minimum Gasteiger partial charge on any atom is -0.465 e. The molecule has 0 spiro atoms. The number of nitrogens with two attached hydrogens (primary N) is 1. The largest absolute Gasteiger partial charge is 0.465 e. The van der Waals surface area contributed by atoms with E-state index in [9.17, 15) is 4.79 Å². The molecule has 1 aliphatic heterocycles. The molecule has 1 heterocycles. The quantitative estimate of drug-likeness (QED) is 0.752. The van der Waals surface area contributed by atoms with E-state index in [2.05, 4.69) is 0 Å². The second-order valence-electron chi connectivity index (χ2n) is 5.30. The molecular formula is C13H25NO4. The SMILES string of the molecule is CCOC(=O)C(C)(N)COC1CC(C)OC(C)C1. The number of ether oxygens (including phenoxy) is 3. The Bertz CT molecular complexity index is 270. The third kappa shape index (κ3) is 4.55. The van der Waals surface area contributed by atoms with E-state index >= 15 is 0 Å². The maximum Gasteiger partial charge on any atom is 0.328 e. The predicted octanol–water partition coefficient (Wildman–Crippen LogP) is 1.24. The Morgan fingerprint density at radius 2 is 1.94 bits per heavy atom. The van der Waals surface area contributed by atoms with Crippen molar-refractivity contribution in [3.05, 3.63) is 0 Å². The van der Waals surface area contributed by atoms with E-state index in [0.717, 1.165) is 12.8 Å². The zero-order valence-electron chi connectivity index (χ0n) is 11.8. The molecule has 0 bridgehead atoms. The van der Waals surface area contributed by atoms with Gasteiger partial charge in [-0.2, -0.15) is 0 Å². The van der Waals surface area contributed by atoms with Crippen LogP contribution in [-0.2, 0) is 19.0 Å². The molecule has 0 aromatic rings. The fraction of sp³-hybridized carbons (Fsp3) is 0.923. The average Bonchev–Trinajstić information content (AvgIpc) is 2.25. The summed E-state index contributed by atoms with van der Waals surface area (Å²) in [6, 6.07) is 0. The maximum absolute atomic E-state index is 11.6. The zero-order chi connectivity index (χ0) is 13.8. The van der Waals surface area contributed by atoms with E-state index in [0.29, 0.717) is 6.61 Å². The summed E-state index contributed by atoms with van der Waals surface area (Å²) in [5.74, 6) is -0.418. The van der Waals surface area contributed by atoms with Crippen LogP contribution < -0.4 is 5.73 Å². The smallest absolute Gasteiger partial charge is 0.328 e. The monoisotopic (exact) mass is 259 g/mol. The van der Waals surface area contributed by atoms with E-state index in [1.165, 1.54) is 0 Å². The third-order valence-corrected chi connectivity index (χ3v) is 3.01. The molecule has 0 aromatic carbocycles. The molecule has 1 fully saturated rings. The van der Waals surface area contributed by atoms with Gasteiger partial charge in [0.05, 0.1) is 31.5 Å². The van der Waals surface area contributed by atoms with Crippen LogP contribution in [0, 0.1) is 0 Å². The number of carbonyl (C=O) groups excluding carboxylic acids is 1. The van der Waals surface area contributed by atoms with Crippen molar-refractivity contribution < 1.29 is 19.0 Å². The molecule has 1 saturated heterocycles. The van der Waals surface area contributed by atoms with Gasteiger partial charge in [-0.25, -0.2) is 4.79 Å². The van der Waals surface area contributed by atoms with Crippen molar-refractivity contribution in [3.63, 3.8) is 0 Å². The summed E-state index contributed by atoms with van der Waals surface area (Å²) in [6.45, 7) is 7.96. The molecule has 0 saturated carbocycles. The minimum atomic E-state index is -1.08. The fourth-order valence-electron chi connectivity index (χ4n) is 2.13. The molecule has 3 atom stereocenters. The van der Waals surface area contributed by atoms with Crippen molar-refractivity contribution in [2.75, 3.05) is 13.2 Å². The van der Waals surface area contributed by atoms with Crippen molar-refractivity contribution in [3.8, 4) is 0 Å². The zero-order valence-corrected chi connectivity index (χ0v) is 11.8. The van der Waals surface area contributed by atoms with Crippen molar-refractivity contribution >= 4 is 5.97 Å². The average molecular weight is 259 g/mol. The molecule has 106 valence electrons. The molecule has 0 radical (unpaired) electrons. The van der Waals surface area contributed by atoms with Crippen LogP contribution in [0.2, 0.25) is 0 Å². The van der Waals surface area contributed by atoms with E-state index in [-0.39, 0.29) is 24.9 Å². The molecule has 18 heavy (non-hydrogen) atoms. The first kappa shape index (κ1) is 15.4. The van der Waals surface area contributed by atoms with Crippen molar-refractivity contribution in [2.24, 2.45) is 5.73 Å². The lowest BCUT2D eigenvalue weighted by atomic mass is 10.0. The van der Waals surface area contributed by atoms with Crippen LogP contribution in [-0.4, -0.2) is 43.0 Å². The highest BCUT2D eigenvalue weighted by molar-refractivity contribution is 5.80. The molecule has 0 amide bonds. The summed E-state index contributed by atoms with van der Waals surface area (Å²) in [5, 5.41) is 0. The van der Waals surface area contributed by atoms with Gasteiger partial charge in [-0.05, 0) is 40.5 Å². The highest BCUT2D eigenvalue weighted by Crippen LogP contribution is 2.22. The highest BCUT2D eigenvalue weighted by Gasteiger charge is 2.33. The van der Waals surface area contributed by atoms with E-state index in [1.807, 2.05) is 13.8 Å². The Labute approximate surface area is 109 Å². The van der Waals surface area contributed by atoms with Crippen LogP contribution in [0.4, 0.5) is 0 Å². The van der Waals surface area contributed by atoms with Gasteiger partial charge in [0.25, 0.3) is 0 Å².